The third-order valence-electron chi connectivity index (χ3n) is 4.74. The van der Waals surface area contributed by atoms with Crippen molar-refractivity contribution in [3.63, 3.8) is 0 Å². The van der Waals surface area contributed by atoms with Crippen LogP contribution in [0.4, 0.5) is 5.69 Å². The van der Waals surface area contributed by atoms with Crippen LogP contribution in [0.15, 0.2) is 42.5 Å². The SMILES string of the molecule is O=C(Nc1ccccc1C(=O)NC[C@H]1CCCO1)c1ccc2c(c1)OCCO2. The Bertz CT molecular complexity index is 877. The molecule has 2 aliphatic rings. The Morgan fingerprint density at radius 3 is 2.61 bits per heavy atom. The molecule has 146 valence electrons. The molecular formula is C21H22N2O5. The van der Waals surface area contributed by atoms with Crippen molar-refractivity contribution >= 4 is 17.5 Å². The van der Waals surface area contributed by atoms with E-state index in [1.54, 1.807) is 42.5 Å². The number of amides is 2. The van der Waals surface area contributed by atoms with Crippen molar-refractivity contribution in [2.75, 3.05) is 31.7 Å². The quantitative estimate of drug-likeness (QED) is 0.830. The number of hydrogen-bond acceptors (Lipinski definition) is 5. The number of fused-ring (bicyclic) bond motifs is 1. The van der Waals surface area contributed by atoms with Crippen molar-refractivity contribution in [1.29, 1.82) is 0 Å². The molecule has 2 amide bonds. The highest BCUT2D eigenvalue weighted by molar-refractivity contribution is 6.09. The van der Waals surface area contributed by atoms with Crippen LogP contribution in [0.2, 0.25) is 0 Å². The second-order valence-corrected chi connectivity index (χ2v) is 6.70. The molecule has 0 saturated carbocycles. The molecule has 4 rings (SSSR count). The van der Waals surface area contributed by atoms with Crippen LogP contribution in [0, 0.1) is 0 Å². The molecule has 7 nitrogen and oxygen atoms in total. The van der Waals surface area contributed by atoms with Crippen molar-refractivity contribution in [2.45, 2.75) is 18.9 Å². The zero-order valence-electron chi connectivity index (χ0n) is 15.4. The summed E-state index contributed by atoms with van der Waals surface area (Å²) in [5.41, 5.74) is 1.29. The molecule has 2 aliphatic heterocycles. The maximum atomic E-state index is 12.7. The fourth-order valence-corrected chi connectivity index (χ4v) is 3.28. The minimum Gasteiger partial charge on any atom is -0.486 e. The van der Waals surface area contributed by atoms with E-state index in [0.29, 0.717) is 48.1 Å². The Hall–Kier alpha value is -3.06. The van der Waals surface area contributed by atoms with Crippen LogP contribution in [-0.2, 0) is 4.74 Å². The molecule has 1 saturated heterocycles. The fraction of sp³-hybridized carbons (Fsp3) is 0.333. The van der Waals surface area contributed by atoms with Crippen molar-refractivity contribution in [3.8, 4) is 11.5 Å². The summed E-state index contributed by atoms with van der Waals surface area (Å²) >= 11 is 0. The van der Waals surface area contributed by atoms with Gasteiger partial charge in [0.15, 0.2) is 11.5 Å². The summed E-state index contributed by atoms with van der Waals surface area (Å²) in [6.45, 7) is 2.14. The lowest BCUT2D eigenvalue weighted by molar-refractivity contribution is 0.0858. The van der Waals surface area contributed by atoms with Crippen LogP contribution in [0.5, 0.6) is 11.5 Å². The van der Waals surface area contributed by atoms with E-state index in [1.807, 2.05) is 0 Å². The van der Waals surface area contributed by atoms with E-state index >= 15 is 0 Å². The van der Waals surface area contributed by atoms with E-state index in [2.05, 4.69) is 10.6 Å². The number of carbonyl (C=O) groups is 2. The van der Waals surface area contributed by atoms with Gasteiger partial charge in [0.2, 0.25) is 0 Å². The van der Waals surface area contributed by atoms with Gasteiger partial charge in [0.25, 0.3) is 11.8 Å². The maximum Gasteiger partial charge on any atom is 0.255 e. The summed E-state index contributed by atoms with van der Waals surface area (Å²) in [7, 11) is 0. The first kappa shape index (κ1) is 18.3. The van der Waals surface area contributed by atoms with Crippen molar-refractivity contribution in [3.05, 3.63) is 53.6 Å². The van der Waals surface area contributed by atoms with E-state index in [4.69, 9.17) is 14.2 Å². The van der Waals surface area contributed by atoms with E-state index in [9.17, 15) is 9.59 Å². The van der Waals surface area contributed by atoms with Crippen LogP contribution in [-0.4, -0.2) is 44.3 Å². The molecule has 0 unspecified atom stereocenters. The molecule has 0 aliphatic carbocycles. The van der Waals surface area contributed by atoms with Gasteiger partial charge in [-0.15, -0.1) is 0 Å². The lowest BCUT2D eigenvalue weighted by Gasteiger charge is -2.19. The lowest BCUT2D eigenvalue weighted by atomic mass is 10.1. The third kappa shape index (κ3) is 4.09. The maximum absolute atomic E-state index is 12.7. The highest BCUT2D eigenvalue weighted by atomic mass is 16.6. The Balaban J connectivity index is 1.45. The lowest BCUT2D eigenvalue weighted by Crippen LogP contribution is -2.32. The normalized spacial score (nSPS) is 17.8. The van der Waals surface area contributed by atoms with Gasteiger partial charge in [-0.05, 0) is 43.2 Å². The average Bonchev–Trinajstić information content (AvgIpc) is 3.25. The summed E-state index contributed by atoms with van der Waals surface area (Å²) in [5.74, 6) is 0.600. The van der Waals surface area contributed by atoms with Crippen molar-refractivity contribution in [1.82, 2.24) is 5.32 Å². The zero-order valence-corrected chi connectivity index (χ0v) is 15.4. The molecule has 1 fully saturated rings. The van der Waals surface area contributed by atoms with Gasteiger partial charge >= 0.3 is 0 Å². The van der Waals surface area contributed by atoms with Crippen LogP contribution < -0.4 is 20.1 Å². The van der Waals surface area contributed by atoms with Gasteiger partial charge < -0.3 is 24.8 Å². The molecule has 0 spiro atoms. The highest BCUT2D eigenvalue weighted by Crippen LogP contribution is 2.31. The zero-order chi connectivity index (χ0) is 19.3. The van der Waals surface area contributed by atoms with Crippen LogP contribution >= 0.6 is 0 Å². The summed E-state index contributed by atoms with van der Waals surface area (Å²) in [6, 6.07) is 12.0. The highest BCUT2D eigenvalue weighted by Gasteiger charge is 2.19. The molecule has 2 heterocycles. The van der Waals surface area contributed by atoms with Gasteiger partial charge in [-0.3, -0.25) is 9.59 Å². The topological polar surface area (TPSA) is 85.9 Å². The fourth-order valence-electron chi connectivity index (χ4n) is 3.28. The number of benzene rings is 2. The number of para-hydroxylation sites is 1. The molecule has 2 N–H and O–H groups in total. The minimum atomic E-state index is -0.323. The molecule has 0 radical (unpaired) electrons. The van der Waals surface area contributed by atoms with Gasteiger partial charge in [-0.1, -0.05) is 12.1 Å². The van der Waals surface area contributed by atoms with Gasteiger partial charge in [0.1, 0.15) is 13.2 Å². The number of hydrogen-bond donors (Lipinski definition) is 2. The van der Waals surface area contributed by atoms with E-state index < -0.39 is 0 Å². The molecule has 7 heteroatoms. The monoisotopic (exact) mass is 382 g/mol. The minimum absolute atomic E-state index is 0.0587. The summed E-state index contributed by atoms with van der Waals surface area (Å²) in [4.78, 5) is 25.3. The number of anilines is 1. The number of rotatable bonds is 5. The number of ether oxygens (including phenoxy) is 3. The summed E-state index contributed by atoms with van der Waals surface area (Å²) < 4.78 is 16.5. The Labute approximate surface area is 163 Å². The van der Waals surface area contributed by atoms with Crippen LogP contribution in [0.1, 0.15) is 33.6 Å². The number of carbonyl (C=O) groups excluding carboxylic acids is 2. The molecule has 1 atom stereocenters. The Kier molecular flexibility index (Phi) is 5.43. The molecule has 2 aromatic carbocycles. The molecular weight excluding hydrogens is 360 g/mol. The van der Waals surface area contributed by atoms with Gasteiger partial charge in [-0.2, -0.15) is 0 Å². The predicted molar refractivity (Wildman–Crippen MR) is 103 cm³/mol. The van der Waals surface area contributed by atoms with Crippen LogP contribution in [0.3, 0.4) is 0 Å². The first-order valence-corrected chi connectivity index (χ1v) is 9.40. The predicted octanol–water partition coefficient (Wildman–Crippen LogP) is 2.62. The summed E-state index contributed by atoms with van der Waals surface area (Å²) in [6.07, 6.45) is 2.02. The molecule has 2 aromatic rings. The van der Waals surface area contributed by atoms with Gasteiger partial charge in [-0.25, -0.2) is 0 Å². The third-order valence-corrected chi connectivity index (χ3v) is 4.74. The Morgan fingerprint density at radius 1 is 0.964 bits per heavy atom. The molecule has 0 aromatic heterocycles. The van der Waals surface area contributed by atoms with Crippen LogP contribution in [0.25, 0.3) is 0 Å². The van der Waals surface area contributed by atoms with Crippen molar-refractivity contribution in [2.24, 2.45) is 0 Å². The summed E-state index contributed by atoms with van der Waals surface area (Å²) in [5, 5.41) is 5.70. The Morgan fingerprint density at radius 2 is 1.79 bits per heavy atom. The first-order valence-electron chi connectivity index (χ1n) is 9.40. The second-order valence-electron chi connectivity index (χ2n) is 6.70. The standard InChI is InChI=1S/C21H22N2O5/c24-20(14-7-8-18-19(12-14)28-11-10-27-18)23-17-6-2-1-5-16(17)21(25)22-13-15-4-3-9-26-15/h1-2,5-8,12,15H,3-4,9-11,13H2,(H,22,25)(H,23,24)/t15-/m1/s1. The largest absolute Gasteiger partial charge is 0.486 e. The second kappa shape index (κ2) is 8.31. The number of nitrogens with one attached hydrogen (secondary N) is 2. The van der Waals surface area contributed by atoms with E-state index in [1.165, 1.54) is 0 Å². The van der Waals surface area contributed by atoms with Gasteiger partial charge in [0.05, 0.1) is 17.4 Å². The average molecular weight is 382 g/mol. The van der Waals surface area contributed by atoms with Crippen molar-refractivity contribution < 1.29 is 23.8 Å². The smallest absolute Gasteiger partial charge is 0.255 e. The van der Waals surface area contributed by atoms with Gasteiger partial charge in [0, 0.05) is 18.7 Å². The molecule has 0 bridgehead atoms. The van der Waals surface area contributed by atoms with E-state index in [0.717, 1.165) is 19.4 Å². The molecule has 28 heavy (non-hydrogen) atoms. The van der Waals surface area contributed by atoms with E-state index in [-0.39, 0.29) is 17.9 Å². The first-order chi connectivity index (χ1) is 13.7.